The highest BCUT2D eigenvalue weighted by Gasteiger charge is 2.02. The number of hydrogen-bond donors (Lipinski definition) is 2. The van der Waals surface area contributed by atoms with Crippen molar-refractivity contribution in [3.63, 3.8) is 0 Å². The molecule has 0 radical (unpaired) electrons. The summed E-state index contributed by atoms with van der Waals surface area (Å²) in [5.41, 5.74) is 0.746. The van der Waals surface area contributed by atoms with Crippen LogP contribution in [0.4, 0.5) is 5.82 Å². The maximum atomic E-state index is 11.4. The number of anilines is 1. The number of unbranched alkanes of at least 4 members (excludes halogenated alkanes) is 1. The quantitative estimate of drug-likeness (QED) is 0.774. The molecule has 1 amide bonds. The average Bonchev–Trinajstić information content (AvgIpc) is 2.26. The molecule has 4 heteroatoms. The van der Waals surface area contributed by atoms with E-state index in [1.807, 2.05) is 6.92 Å². The molecule has 1 aromatic heterocycles. The number of aliphatic hydroxyl groups is 1. The average molecular weight is 208 g/mol. The number of hydrogen-bond acceptors (Lipinski definition) is 3. The fourth-order valence-electron chi connectivity index (χ4n) is 1.18. The summed E-state index contributed by atoms with van der Waals surface area (Å²) >= 11 is 0. The monoisotopic (exact) mass is 208 g/mol. The number of nitrogens with zero attached hydrogens (tertiary/aromatic N) is 1. The molecule has 0 aliphatic rings. The second kappa shape index (κ2) is 6.14. The summed E-state index contributed by atoms with van der Waals surface area (Å²) in [5.74, 6) is 0.474. The topological polar surface area (TPSA) is 62.2 Å². The van der Waals surface area contributed by atoms with E-state index in [2.05, 4.69) is 10.3 Å². The second-order valence-electron chi connectivity index (χ2n) is 3.36. The van der Waals surface area contributed by atoms with Gasteiger partial charge in [0.25, 0.3) is 0 Å². The predicted molar refractivity (Wildman–Crippen MR) is 58.3 cm³/mol. The highest BCUT2D eigenvalue weighted by molar-refractivity contribution is 5.89. The van der Waals surface area contributed by atoms with Crippen LogP contribution in [0.25, 0.3) is 0 Å². The minimum absolute atomic E-state index is 0.0283. The molecule has 0 fully saturated rings. The predicted octanol–water partition coefficient (Wildman–Crippen LogP) is 1.70. The van der Waals surface area contributed by atoms with Gasteiger partial charge in [0.2, 0.25) is 5.91 Å². The molecule has 0 aliphatic heterocycles. The van der Waals surface area contributed by atoms with Crippen molar-refractivity contribution >= 4 is 11.7 Å². The number of aromatic nitrogens is 1. The number of pyridine rings is 1. The molecule has 0 saturated heterocycles. The normalized spacial score (nSPS) is 10.0. The van der Waals surface area contributed by atoms with Crippen LogP contribution in [0.1, 0.15) is 31.7 Å². The van der Waals surface area contributed by atoms with Gasteiger partial charge in [0.15, 0.2) is 0 Å². The minimum atomic E-state index is -0.0413. The van der Waals surface area contributed by atoms with Gasteiger partial charge < -0.3 is 10.4 Å². The van der Waals surface area contributed by atoms with Gasteiger partial charge in [-0.15, -0.1) is 0 Å². The number of nitrogens with one attached hydrogen (secondary N) is 1. The Bertz CT molecular complexity index is 326. The molecule has 0 aromatic carbocycles. The van der Waals surface area contributed by atoms with Gasteiger partial charge in [-0.05, 0) is 24.1 Å². The van der Waals surface area contributed by atoms with Crippen molar-refractivity contribution in [1.82, 2.24) is 4.98 Å². The van der Waals surface area contributed by atoms with E-state index in [0.29, 0.717) is 12.2 Å². The summed E-state index contributed by atoms with van der Waals surface area (Å²) in [6.45, 7) is 2.00. The number of carbonyl (C=O) groups is 1. The Kier molecular flexibility index (Phi) is 4.77. The Balaban J connectivity index is 2.52. The van der Waals surface area contributed by atoms with E-state index >= 15 is 0 Å². The standard InChI is InChI=1S/C11H16N2O2/c1-2-3-4-11(15)13-10-7-9(8-14)5-6-12-10/h5-7,14H,2-4,8H2,1H3,(H,12,13,15). The van der Waals surface area contributed by atoms with E-state index < -0.39 is 0 Å². The second-order valence-corrected chi connectivity index (χ2v) is 3.36. The molecular formula is C11H16N2O2. The molecule has 82 valence electrons. The molecule has 1 heterocycles. The van der Waals surface area contributed by atoms with Crippen molar-refractivity contribution in [1.29, 1.82) is 0 Å². The Labute approximate surface area is 89.3 Å². The fraction of sp³-hybridized carbons (Fsp3) is 0.455. The highest BCUT2D eigenvalue weighted by Crippen LogP contribution is 2.07. The summed E-state index contributed by atoms with van der Waals surface area (Å²) in [4.78, 5) is 15.3. The zero-order valence-electron chi connectivity index (χ0n) is 8.86. The number of aliphatic hydroxyl groups excluding tert-OH is 1. The van der Waals surface area contributed by atoms with Crippen LogP contribution in [0.15, 0.2) is 18.3 Å². The summed E-state index contributed by atoms with van der Waals surface area (Å²) in [6.07, 6.45) is 3.96. The van der Waals surface area contributed by atoms with E-state index in [-0.39, 0.29) is 12.5 Å². The molecule has 1 rings (SSSR count). The van der Waals surface area contributed by atoms with Crippen LogP contribution < -0.4 is 5.32 Å². The lowest BCUT2D eigenvalue weighted by molar-refractivity contribution is -0.116. The SMILES string of the molecule is CCCCC(=O)Nc1cc(CO)ccn1. The highest BCUT2D eigenvalue weighted by atomic mass is 16.3. The zero-order chi connectivity index (χ0) is 11.1. The van der Waals surface area contributed by atoms with Gasteiger partial charge in [0.1, 0.15) is 5.82 Å². The molecule has 0 aliphatic carbocycles. The number of amides is 1. The molecule has 15 heavy (non-hydrogen) atoms. The van der Waals surface area contributed by atoms with Crippen LogP contribution in [-0.4, -0.2) is 16.0 Å². The lowest BCUT2D eigenvalue weighted by Crippen LogP contribution is -2.12. The first-order chi connectivity index (χ1) is 7.26. The van der Waals surface area contributed by atoms with Gasteiger partial charge in [0, 0.05) is 12.6 Å². The van der Waals surface area contributed by atoms with Gasteiger partial charge in [-0.1, -0.05) is 13.3 Å². The molecule has 0 atom stereocenters. The number of carbonyl (C=O) groups excluding carboxylic acids is 1. The van der Waals surface area contributed by atoms with Crippen molar-refractivity contribution in [2.75, 3.05) is 5.32 Å². The van der Waals surface area contributed by atoms with Crippen LogP contribution in [0.5, 0.6) is 0 Å². The van der Waals surface area contributed by atoms with Crippen molar-refractivity contribution in [2.24, 2.45) is 0 Å². The van der Waals surface area contributed by atoms with Gasteiger partial charge >= 0.3 is 0 Å². The molecule has 0 saturated carbocycles. The van der Waals surface area contributed by atoms with E-state index in [1.165, 1.54) is 0 Å². The van der Waals surface area contributed by atoms with Crippen molar-refractivity contribution in [2.45, 2.75) is 32.8 Å². The van der Waals surface area contributed by atoms with Crippen LogP contribution in [-0.2, 0) is 11.4 Å². The Morgan fingerprint density at radius 2 is 2.40 bits per heavy atom. The van der Waals surface area contributed by atoms with Gasteiger partial charge in [0.05, 0.1) is 6.61 Å². The molecule has 4 nitrogen and oxygen atoms in total. The van der Waals surface area contributed by atoms with Crippen molar-refractivity contribution < 1.29 is 9.90 Å². The third-order valence-electron chi connectivity index (χ3n) is 2.03. The van der Waals surface area contributed by atoms with E-state index in [4.69, 9.17) is 5.11 Å². The fourth-order valence-corrected chi connectivity index (χ4v) is 1.18. The maximum absolute atomic E-state index is 11.4. The van der Waals surface area contributed by atoms with Gasteiger partial charge in [-0.25, -0.2) is 4.98 Å². The van der Waals surface area contributed by atoms with Gasteiger partial charge in [-0.2, -0.15) is 0 Å². The first-order valence-corrected chi connectivity index (χ1v) is 5.12. The van der Waals surface area contributed by atoms with Crippen molar-refractivity contribution in [3.8, 4) is 0 Å². The van der Waals surface area contributed by atoms with Gasteiger partial charge in [-0.3, -0.25) is 4.79 Å². The van der Waals surface area contributed by atoms with Crippen molar-refractivity contribution in [3.05, 3.63) is 23.9 Å². The lowest BCUT2D eigenvalue weighted by Gasteiger charge is -2.04. The minimum Gasteiger partial charge on any atom is -0.392 e. The van der Waals surface area contributed by atoms with Crippen LogP contribution in [0.3, 0.4) is 0 Å². The molecule has 0 bridgehead atoms. The van der Waals surface area contributed by atoms with Crippen LogP contribution >= 0.6 is 0 Å². The summed E-state index contributed by atoms with van der Waals surface area (Å²) in [6, 6.07) is 3.38. The zero-order valence-corrected chi connectivity index (χ0v) is 8.86. The van der Waals surface area contributed by atoms with E-state index in [0.717, 1.165) is 18.4 Å². The molecule has 0 spiro atoms. The largest absolute Gasteiger partial charge is 0.392 e. The third kappa shape index (κ3) is 4.08. The Hall–Kier alpha value is -1.42. The first kappa shape index (κ1) is 11.7. The molecule has 0 unspecified atom stereocenters. The van der Waals surface area contributed by atoms with Crippen LogP contribution in [0, 0.1) is 0 Å². The summed E-state index contributed by atoms with van der Waals surface area (Å²) in [5, 5.41) is 11.6. The summed E-state index contributed by atoms with van der Waals surface area (Å²) < 4.78 is 0. The smallest absolute Gasteiger partial charge is 0.225 e. The summed E-state index contributed by atoms with van der Waals surface area (Å²) in [7, 11) is 0. The third-order valence-corrected chi connectivity index (χ3v) is 2.03. The number of rotatable bonds is 5. The lowest BCUT2D eigenvalue weighted by atomic mass is 10.2. The Morgan fingerprint density at radius 1 is 1.60 bits per heavy atom. The maximum Gasteiger partial charge on any atom is 0.225 e. The molecule has 2 N–H and O–H groups in total. The molecular weight excluding hydrogens is 192 g/mol. The Morgan fingerprint density at radius 3 is 3.07 bits per heavy atom. The first-order valence-electron chi connectivity index (χ1n) is 5.12. The molecule has 1 aromatic rings. The van der Waals surface area contributed by atoms with E-state index in [1.54, 1.807) is 18.3 Å². The van der Waals surface area contributed by atoms with Crippen LogP contribution in [0.2, 0.25) is 0 Å². The van der Waals surface area contributed by atoms with E-state index in [9.17, 15) is 4.79 Å².